The minimum absolute atomic E-state index is 0.142. The lowest BCUT2D eigenvalue weighted by Gasteiger charge is -2.37. The first-order valence-corrected chi connectivity index (χ1v) is 15.4. The van der Waals surface area contributed by atoms with Gasteiger partial charge in [-0.2, -0.15) is 0 Å². The van der Waals surface area contributed by atoms with Gasteiger partial charge in [-0.15, -0.1) is 0 Å². The van der Waals surface area contributed by atoms with E-state index in [-0.39, 0.29) is 12.1 Å². The molecule has 0 saturated carbocycles. The van der Waals surface area contributed by atoms with Crippen molar-refractivity contribution >= 4 is 51.9 Å². The number of piperidine rings is 1. The predicted octanol–water partition coefficient (Wildman–Crippen LogP) is 8.46. The van der Waals surface area contributed by atoms with Crippen molar-refractivity contribution in [2.75, 3.05) is 22.9 Å². The zero-order valence-corrected chi connectivity index (χ0v) is 26.1. The van der Waals surface area contributed by atoms with Gasteiger partial charge in [0.15, 0.2) is 5.11 Å². The standard InChI is InChI=1S/C33H35Cl2N5S/c1-20-15-21(2)19-38(18-20)29-13-12-24(17-27(29)35)40-32(31(37-33(40)41)28-10-7-8-14-36-28)25-16-22(3)39(23(25)4)30-11-6-5-9-26(30)34/h5-14,16-17,20-21,31-32H,15,18-19H2,1-4H3,(H,37,41)/t20-,21-,31+,32-/m1/s1. The van der Waals surface area contributed by atoms with Crippen molar-refractivity contribution in [3.63, 3.8) is 0 Å². The maximum atomic E-state index is 7.03. The van der Waals surface area contributed by atoms with Crippen LogP contribution in [0.1, 0.15) is 55.0 Å². The molecule has 4 heterocycles. The van der Waals surface area contributed by atoms with Crippen molar-refractivity contribution in [2.45, 2.75) is 46.2 Å². The molecule has 0 amide bonds. The average molecular weight is 605 g/mol. The Morgan fingerprint density at radius 2 is 1.61 bits per heavy atom. The van der Waals surface area contributed by atoms with E-state index in [1.807, 2.05) is 36.5 Å². The van der Waals surface area contributed by atoms with E-state index in [4.69, 9.17) is 40.4 Å². The minimum Gasteiger partial charge on any atom is -0.370 e. The van der Waals surface area contributed by atoms with Gasteiger partial charge in [0.25, 0.3) is 0 Å². The summed E-state index contributed by atoms with van der Waals surface area (Å²) >= 11 is 19.7. The molecule has 0 unspecified atom stereocenters. The molecular weight excluding hydrogens is 569 g/mol. The van der Waals surface area contributed by atoms with Gasteiger partial charge in [-0.1, -0.05) is 55.2 Å². The highest BCUT2D eigenvalue weighted by Crippen LogP contribution is 2.45. The van der Waals surface area contributed by atoms with Crippen LogP contribution in [0.15, 0.2) is 72.9 Å². The van der Waals surface area contributed by atoms with E-state index in [2.05, 4.69) is 83.8 Å². The number of halogens is 2. The summed E-state index contributed by atoms with van der Waals surface area (Å²) in [6.07, 6.45) is 3.09. The van der Waals surface area contributed by atoms with Gasteiger partial charge >= 0.3 is 0 Å². The lowest BCUT2D eigenvalue weighted by molar-refractivity contribution is 0.357. The smallest absolute Gasteiger partial charge is 0.174 e. The van der Waals surface area contributed by atoms with Gasteiger partial charge < -0.3 is 19.7 Å². The molecule has 0 aliphatic carbocycles. The fraction of sp³-hybridized carbons (Fsp3) is 0.333. The monoisotopic (exact) mass is 603 g/mol. The van der Waals surface area contributed by atoms with Crippen LogP contribution in [0.3, 0.4) is 0 Å². The number of benzene rings is 2. The summed E-state index contributed by atoms with van der Waals surface area (Å²) in [4.78, 5) is 9.35. The number of thiocarbonyl (C=S) groups is 1. The molecule has 5 nitrogen and oxygen atoms in total. The maximum absolute atomic E-state index is 7.03. The van der Waals surface area contributed by atoms with E-state index in [1.165, 1.54) is 6.42 Å². The second kappa shape index (κ2) is 11.3. The van der Waals surface area contributed by atoms with Gasteiger partial charge in [0.2, 0.25) is 0 Å². The third-order valence-corrected chi connectivity index (χ3v) is 9.34. The lowest BCUT2D eigenvalue weighted by Crippen LogP contribution is -2.38. The van der Waals surface area contributed by atoms with Crippen molar-refractivity contribution in [2.24, 2.45) is 11.8 Å². The second-order valence-corrected chi connectivity index (χ2v) is 12.8. The summed E-state index contributed by atoms with van der Waals surface area (Å²) < 4.78 is 2.22. The molecule has 2 aliphatic rings. The van der Waals surface area contributed by atoms with Gasteiger partial charge in [0.05, 0.1) is 39.2 Å². The number of pyridine rings is 1. The molecule has 2 aliphatic heterocycles. The minimum atomic E-state index is -0.147. The Balaban J connectivity index is 1.45. The third kappa shape index (κ3) is 5.22. The molecule has 2 fully saturated rings. The first-order chi connectivity index (χ1) is 19.7. The van der Waals surface area contributed by atoms with Crippen molar-refractivity contribution in [3.8, 4) is 5.69 Å². The first kappa shape index (κ1) is 28.1. The number of para-hydroxylation sites is 1. The van der Waals surface area contributed by atoms with Crippen LogP contribution in [0, 0.1) is 25.7 Å². The van der Waals surface area contributed by atoms with Gasteiger partial charge in [-0.25, -0.2) is 0 Å². The molecular formula is C33H35Cl2N5S. The van der Waals surface area contributed by atoms with Crippen LogP contribution in [0.5, 0.6) is 0 Å². The molecule has 6 rings (SSSR count). The van der Waals surface area contributed by atoms with Crippen LogP contribution in [0.2, 0.25) is 10.0 Å². The number of nitrogens with one attached hydrogen (secondary N) is 1. The number of rotatable bonds is 5. The molecule has 2 aromatic carbocycles. The number of aromatic nitrogens is 2. The summed E-state index contributed by atoms with van der Waals surface area (Å²) in [6.45, 7) is 10.9. The van der Waals surface area contributed by atoms with Crippen LogP contribution in [-0.2, 0) is 0 Å². The Kier molecular flexibility index (Phi) is 7.75. The molecule has 4 aromatic rings. The number of aryl methyl sites for hydroxylation is 1. The molecule has 0 radical (unpaired) electrons. The van der Waals surface area contributed by atoms with Gasteiger partial charge in [0, 0.05) is 36.4 Å². The maximum Gasteiger partial charge on any atom is 0.174 e. The average Bonchev–Trinajstić information content (AvgIpc) is 3.43. The Labute approximate surface area is 258 Å². The van der Waals surface area contributed by atoms with E-state index in [9.17, 15) is 0 Å². The molecule has 2 saturated heterocycles. The molecule has 0 bridgehead atoms. The molecule has 4 atom stereocenters. The number of anilines is 2. The zero-order valence-electron chi connectivity index (χ0n) is 23.8. The summed E-state index contributed by atoms with van der Waals surface area (Å²) in [5.41, 5.74) is 7.30. The van der Waals surface area contributed by atoms with E-state index in [0.29, 0.717) is 22.0 Å². The normalized spacial score (nSPS) is 22.7. The Morgan fingerprint density at radius 3 is 2.29 bits per heavy atom. The van der Waals surface area contributed by atoms with E-state index < -0.39 is 0 Å². The van der Waals surface area contributed by atoms with E-state index in [1.54, 1.807) is 0 Å². The topological polar surface area (TPSA) is 36.3 Å². The van der Waals surface area contributed by atoms with Crippen LogP contribution in [0.25, 0.3) is 5.69 Å². The van der Waals surface area contributed by atoms with Gasteiger partial charge in [0.1, 0.15) is 0 Å². The molecule has 41 heavy (non-hydrogen) atoms. The highest BCUT2D eigenvalue weighted by molar-refractivity contribution is 7.80. The van der Waals surface area contributed by atoms with E-state index in [0.717, 1.165) is 57.8 Å². The van der Waals surface area contributed by atoms with Crippen LogP contribution in [-0.4, -0.2) is 27.8 Å². The fourth-order valence-electron chi connectivity index (χ4n) is 6.80. The van der Waals surface area contributed by atoms with Crippen molar-refractivity contribution in [1.29, 1.82) is 0 Å². The summed E-state index contributed by atoms with van der Waals surface area (Å²) in [6, 6.07) is 22.3. The Hall–Kier alpha value is -3.06. The molecule has 1 N–H and O–H groups in total. The number of hydrogen-bond acceptors (Lipinski definition) is 3. The number of hydrogen-bond donors (Lipinski definition) is 1. The lowest BCUT2D eigenvalue weighted by atomic mass is 9.91. The van der Waals surface area contributed by atoms with Crippen molar-refractivity contribution in [3.05, 3.63) is 106 Å². The Morgan fingerprint density at radius 1 is 0.878 bits per heavy atom. The molecule has 8 heteroatoms. The SMILES string of the molecule is Cc1cc([C@@H]2[C@H](c3ccccn3)NC(=S)N2c2ccc(N3C[C@H](C)C[C@@H](C)C3)c(Cl)c2)c(C)n1-c1ccccc1Cl. The summed E-state index contributed by atoms with van der Waals surface area (Å²) in [5.74, 6) is 1.28. The van der Waals surface area contributed by atoms with Gasteiger partial charge in [-0.05, 0) is 98.4 Å². The quantitative estimate of drug-likeness (QED) is 0.231. The Bertz CT molecular complexity index is 1580. The van der Waals surface area contributed by atoms with Crippen molar-refractivity contribution < 1.29 is 0 Å². The van der Waals surface area contributed by atoms with Gasteiger partial charge in [-0.3, -0.25) is 4.98 Å². The number of nitrogens with zero attached hydrogens (tertiary/aromatic N) is 4. The highest BCUT2D eigenvalue weighted by Gasteiger charge is 2.42. The van der Waals surface area contributed by atoms with Crippen LogP contribution in [0.4, 0.5) is 11.4 Å². The molecule has 2 aromatic heterocycles. The molecule has 212 valence electrons. The van der Waals surface area contributed by atoms with E-state index >= 15 is 0 Å². The largest absolute Gasteiger partial charge is 0.370 e. The predicted molar refractivity (Wildman–Crippen MR) is 175 cm³/mol. The summed E-state index contributed by atoms with van der Waals surface area (Å²) in [5, 5.41) is 5.69. The second-order valence-electron chi connectivity index (χ2n) is 11.6. The summed E-state index contributed by atoms with van der Waals surface area (Å²) in [7, 11) is 0. The highest BCUT2D eigenvalue weighted by atomic mass is 35.5. The molecule has 0 spiro atoms. The zero-order chi connectivity index (χ0) is 28.8. The first-order valence-electron chi connectivity index (χ1n) is 14.2. The fourth-order valence-corrected chi connectivity index (χ4v) is 7.66. The van der Waals surface area contributed by atoms with Crippen molar-refractivity contribution in [1.82, 2.24) is 14.9 Å². The van der Waals surface area contributed by atoms with Crippen LogP contribution < -0.4 is 15.1 Å². The van der Waals surface area contributed by atoms with Crippen LogP contribution >= 0.6 is 35.4 Å². The third-order valence-electron chi connectivity index (χ3n) is 8.40.